The van der Waals surface area contributed by atoms with Crippen LogP contribution in [-0.4, -0.2) is 30.1 Å². The van der Waals surface area contributed by atoms with Crippen molar-refractivity contribution < 1.29 is 19.4 Å². The molecule has 104 valence electrons. The Morgan fingerprint density at radius 2 is 2.16 bits per heavy atom. The Bertz CT molecular complexity index is 474. The Kier molecular flexibility index (Phi) is 5.32. The second-order valence-electron chi connectivity index (χ2n) is 4.07. The number of methoxy groups -OCH3 is 1. The lowest BCUT2D eigenvalue weighted by Crippen LogP contribution is -2.37. The summed E-state index contributed by atoms with van der Waals surface area (Å²) in [4.78, 5) is 22.1. The average Bonchev–Trinajstić information content (AvgIpc) is 2.37. The van der Waals surface area contributed by atoms with Crippen LogP contribution in [0.2, 0.25) is 0 Å². The largest absolute Gasteiger partial charge is 0.496 e. The van der Waals surface area contributed by atoms with Crippen LogP contribution in [0.3, 0.4) is 0 Å². The second-order valence-corrected chi connectivity index (χ2v) is 4.07. The average molecular weight is 266 g/mol. The molecule has 4 N–H and O–H groups in total. The van der Waals surface area contributed by atoms with Crippen molar-refractivity contribution in [1.82, 2.24) is 0 Å². The van der Waals surface area contributed by atoms with Crippen LogP contribution >= 0.6 is 0 Å². The number of benzene rings is 1. The summed E-state index contributed by atoms with van der Waals surface area (Å²) in [6, 6.07) is 4.15. The van der Waals surface area contributed by atoms with Crippen molar-refractivity contribution in [2.75, 3.05) is 12.4 Å². The third kappa shape index (κ3) is 4.26. The molecule has 1 atom stereocenters. The van der Waals surface area contributed by atoms with E-state index in [1.54, 1.807) is 25.3 Å². The molecule has 6 heteroatoms. The summed E-state index contributed by atoms with van der Waals surface area (Å²) in [5.41, 5.74) is 7.00. The van der Waals surface area contributed by atoms with Crippen LogP contribution in [0.4, 0.5) is 5.69 Å². The van der Waals surface area contributed by atoms with Gasteiger partial charge in [-0.25, -0.2) is 0 Å². The van der Waals surface area contributed by atoms with Gasteiger partial charge in [-0.2, -0.15) is 0 Å². The van der Waals surface area contributed by atoms with Gasteiger partial charge in [-0.1, -0.05) is 6.92 Å². The Labute approximate surface area is 111 Å². The Morgan fingerprint density at radius 3 is 2.68 bits per heavy atom. The van der Waals surface area contributed by atoms with E-state index in [0.29, 0.717) is 5.69 Å². The lowest BCUT2D eigenvalue weighted by Gasteiger charge is -2.12. The van der Waals surface area contributed by atoms with Crippen molar-refractivity contribution in [3.05, 3.63) is 23.8 Å². The molecule has 0 spiro atoms. The molecule has 0 aliphatic carbocycles. The maximum absolute atomic E-state index is 11.7. The number of rotatable bonds is 6. The number of carboxylic acid groups (broad SMARTS) is 1. The highest BCUT2D eigenvalue weighted by Gasteiger charge is 2.17. The normalized spacial score (nSPS) is 11.7. The van der Waals surface area contributed by atoms with Crippen molar-refractivity contribution in [3.8, 4) is 5.75 Å². The Morgan fingerprint density at radius 1 is 1.47 bits per heavy atom. The highest BCUT2D eigenvalue weighted by molar-refractivity contribution is 5.96. The monoisotopic (exact) mass is 266 g/mol. The molecule has 0 saturated carbocycles. The van der Waals surface area contributed by atoms with Gasteiger partial charge in [0.25, 0.3) is 0 Å². The van der Waals surface area contributed by atoms with Crippen molar-refractivity contribution in [1.29, 1.82) is 0 Å². The molecule has 0 saturated heterocycles. The van der Waals surface area contributed by atoms with E-state index >= 15 is 0 Å². The summed E-state index contributed by atoms with van der Waals surface area (Å²) in [6.07, 6.45) is 0.358. The van der Waals surface area contributed by atoms with Crippen LogP contribution in [0, 0.1) is 0 Å². The van der Waals surface area contributed by atoms with E-state index in [0.717, 1.165) is 17.7 Å². The van der Waals surface area contributed by atoms with E-state index in [1.807, 2.05) is 6.92 Å². The summed E-state index contributed by atoms with van der Waals surface area (Å²) < 4.78 is 5.18. The number of nitrogens with two attached hydrogens (primary N) is 1. The third-order valence-electron chi connectivity index (χ3n) is 2.66. The van der Waals surface area contributed by atoms with Crippen molar-refractivity contribution in [2.24, 2.45) is 5.73 Å². The fourth-order valence-electron chi connectivity index (χ4n) is 1.65. The fraction of sp³-hybridized carbons (Fsp3) is 0.385. The van der Waals surface area contributed by atoms with E-state index < -0.39 is 24.3 Å². The van der Waals surface area contributed by atoms with Crippen LogP contribution in [0.5, 0.6) is 5.75 Å². The number of carbonyl (C=O) groups excluding carboxylic acids is 1. The number of nitrogens with one attached hydrogen (secondary N) is 1. The number of carboxylic acids is 1. The van der Waals surface area contributed by atoms with E-state index in [4.69, 9.17) is 15.6 Å². The van der Waals surface area contributed by atoms with Gasteiger partial charge in [0.05, 0.1) is 19.6 Å². The maximum atomic E-state index is 11.7. The van der Waals surface area contributed by atoms with Crippen molar-refractivity contribution in [2.45, 2.75) is 25.8 Å². The van der Waals surface area contributed by atoms with E-state index in [2.05, 4.69) is 5.32 Å². The first-order valence-electron chi connectivity index (χ1n) is 5.93. The van der Waals surface area contributed by atoms with Gasteiger partial charge in [0.2, 0.25) is 5.91 Å². The van der Waals surface area contributed by atoms with Gasteiger partial charge in [-0.15, -0.1) is 0 Å². The number of hydrogen-bond donors (Lipinski definition) is 3. The topological polar surface area (TPSA) is 102 Å². The number of aliphatic carboxylic acids is 1. The first-order chi connectivity index (χ1) is 8.97. The molecule has 0 aliphatic heterocycles. The highest BCUT2D eigenvalue weighted by Crippen LogP contribution is 2.23. The number of ether oxygens (including phenoxy) is 1. The molecule has 1 amide bonds. The molecule has 1 aromatic rings. The summed E-state index contributed by atoms with van der Waals surface area (Å²) in [6.45, 7) is 1.97. The molecule has 6 nitrogen and oxygen atoms in total. The van der Waals surface area contributed by atoms with Gasteiger partial charge < -0.3 is 20.9 Å². The number of carbonyl (C=O) groups is 2. The van der Waals surface area contributed by atoms with Gasteiger partial charge >= 0.3 is 5.97 Å². The molecular formula is C13H18N2O4. The zero-order valence-electron chi connectivity index (χ0n) is 11.0. The second kappa shape index (κ2) is 6.75. The molecule has 0 heterocycles. The molecular weight excluding hydrogens is 248 g/mol. The lowest BCUT2D eigenvalue weighted by atomic mass is 10.1. The molecule has 1 aromatic carbocycles. The minimum absolute atomic E-state index is 0.400. The van der Waals surface area contributed by atoms with Crippen LogP contribution in [0.25, 0.3) is 0 Å². The van der Waals surface area contributed by atoms with Crippen molar-refractivity contribution in [3.63, 3.8) is 0 Å². The fourth-order valence-corrected chi connectivity index (χ4v) is 1.65. The molecule has 0 aliphatic rings. The smallest absolute Gasteiger partial charge is 0.305 e. The predicted molar refractivity (Wildman–Crippen MR) is 71.2 cm³/mol. The summed E-state index contributed by atoms with van der Waals surface area (Å²) in [7, 11) is 1.58. The molecule has 1 unspecified atom stereocenters. The van der Waals surface area contributed by atoms with E-state index in [-0.39, 0.29) is 0 Å². The number of anilines is 1. The Balaban J connectivity index is 2.77. The highest BCUT2D eigenvalue weighted by atomic mass is 16.5. The van der Waals surface area contributed by atoms with E-state index in [9.17, 15) is 9.59 Å². The van der Waals surface area contributed by atoms with Crippen LogP contribution in [-0.2, 0) is 16.0 Å². The predicted octanol–water partition coefficient (Wildman–Crippen LogP) is 0.998. The van der Waals surface area contributed by atoms with Crippen LogP contribution < -0.4 is 15.8 Å². The molecule has 19 heavy (non-hydrogen) atoms. The number of aryl methyl sites for hydroxylation is 1. The van der Waals surface area contributed by atoms with E-state index in [1.165, 1.54) is 0 Å². The van der Waals surface area contributed by atoms with Crippen LogP contribution in [0.15, 0.2) is 18.2 Å². The number of amides is 1. The summed E-state index contributed by atoms with van der Waals surface area (Å²) in [5, 5.41) is 11.2. The zero-order valence-corrected chi connectivity index (χ0v) is 11.0. The lowest BCUT2D eigenvalue weighted by molar-refractivity contribution is -0.138. The first kappa shape index (κ1) is 15.0. The SMILES string of the molecule is CCc1cc(NC(=O)C(N)CC(=O)O)ccc1OC. The quantitative estimate of drug-likeness (QED) is 0.713. The molecule has 0 bridgehead atoms. The van der Waals surface area contributed by atoms with Gasteiger partial charge in [-0.05, 0) is 30.2 Å². The molecule has 0 radical (unpaired) electrons. The molecule has 1 rings (SSSR count). The summed E-state index contributed by atoms with van der Waals surface area (Å²) >= 11 is 0. The minimum Gasteiger partial charge on any atom is -0.496 e. The van der Waals surface area contributed by atoms with Crippen molar-refractivity contribution >= 4 is 17.6 Å². The minimum atomic E-state index is -1.10. The van der Waals surface area contributed by atoms with Gasteiger partial charge in [0.15, 0.2) is 0 Å². The molecule has 0 fully saturated rings. The standard InChI is InChI=1S/C13H18N2O4/c1-3-8-6-9(4-5-11(8)19-2)15-13(18)10(14)7-12(16)17/h4-6,10H,3,7,14H2,1-2H3,(H,15,18)(H,16,17). The maximum Gasteiger partial charge on any atom is 0.305 e. The first-order valence-corrected chi connectivity index (χ1v) is 5.93. The summed E-state index contributed by atoms with van der Waals surface area (Å²) in [5.74, 6) is -0.878. The zero-order chi connectivity index (χ0) is 14.4. The third-order valence-corrected chi connectivity index (χ3v) is 2.66. The van der Waals surface area contributed by atoms with Gasteiger partial charge in [-0.3, -0.25) is 9.59 Å². The number of hydrogen-bond acceptors (Lipinski definition) is 4. The van der Waals surface area contributed by atoms with Gasteiger partial charge in [0.1, 0.15) is 5.75 Å². The van der Waals surface area contributed by atoms with Gasteiger partial charge in [0, 0.05) is 5.69 Å². The Hall–Kier alpha value is -2.08. The molecule has 0 aromatic heterocycles. The van der Waals surface area contributed by atoms with Crippen LogP contribution in [0.1, 0.15) is 18.9 Å².